The summed E-state index contributed by atoms with van der Waals surface area (Å²) in [6.07, 6.45) is 0. The maximum Gasteiger partial charge on any atom is 0.124 e. The fourth-order valence-corrected chi connectivity index (χ4v) is 2.04. The van der Waals surface area contributed by atoms with Gasteiger partial charge in [0.1, 0.15) is 5.75 Å². The van der Waals surface area contributed by atoms with E-state index in [9.17, 15) is 5.11 Å². The minimum absolute atomic E-state index is 0.316. The minimum atomic E-state index is 0.316. The summed E-state index contributed by atoms with van der Waals surface area (Å²) in [5.74, 6) is 0.316. The first-order valence-corrected chi connectivity index (χ1v) is 6.57. The summed E-state index contributed by atoms with van der Waals surface area (Å²) in [6.45, 7) is 1.27. The van der Waals surface area contributed by atoms with Gasteiger partial charge in [-0.2, -0.15) is 0 Å². The van der Waals surface area contributed by atoms with Crippen LogP contribution in [-0.2, 0) is 22.4 Å². The lowest BCUT2D eigenvalue weighted by atomic mass is 10.1. The zero-order chi connectivity index (χ0) is 15.3. The molecule has 6 nitrogen and oxygen atoms in total. The first kappa shape index (κ1) is 17.1. The smallest absolute Gasteiger partial charge is 0.124 e. The van der Waals surface area contributed by atoms with Crippen LogP contribution in [0.5, 0.6) is 5.75 Å². The third-order valence-corrected chi connectivity index (χ3v) is 2.80. The van der Waals surface area contributed by atoms with Crippen LogP contribution in [0.2, 0.25) is 0 Å². The van der Waals surface area contributed by atoms with Crippen LogP contribution in [-0.4, -0.2) is 50.1 Å². The molecule has 0 amide bonds. The van der Waals surface area contributed by atoms with E-state index < -0.39 is 0 Å². The molecular weight excluding hydrogens is 278 g/mol. The van der Waals surface area contributed by atoms with Gasteiger partial charge in [0.25, 0.3) is 0 Å². The zero-order valence-electron chi connectivity index (χ0n) is 12.6. The molecule has 0 fully saturated rings. The van der Waals surface area contributed by atoms with Crippen LogP contribution < -0.4 is 5.06 Å². The molecule has 0 heterocycles. The first-order valence-electron chi connectivity index (χ1n) is 6.21. The molecule has 0 aliphatic heterocycles. The fourth-order valence-electron chi connectivity index (χ4n) is 1.94. The van der Waals surface area contributed by atoms with Crippen LogP contribution >= 0.6 is 12.9 Å². The van der Waals surface area contributed by atoms with Gasteiger partial charge in [0, 0.05) is 44.2 Å². The van der Waals surface area contributed by atoms with Gasteiger partial charge < -0.3 is 14.9 Å². The second-order valence-corrected chi connectivity index (χ2v) is 5.38. The first-order chi connectivity index (χ1) is 9.35. The molecule has 114 valence electrons. The second kappa shape index (κ2) is 7.70. The van der Waals surface area contributed by atoms with Crippen molar-refractivity contribution in [3.8, 4) is 5.75 Å². The highest BCUT2D eigenvalue weighted by Gasteiger charge is 2.14. The van der Waals surface area contributed by atoms with Crippen molar-refractivity contribution in [3.63, 3.8) is 0 Å². The monoisotopic (exact) mass is 301 g/mol. The van der Waals surface area contributed by atoms with Gasteiger partial charge in [0.05, 0.1) is 5.69 Å². The number of phenolic OH excluding ortho intramolecular Hbond substituents is 1. The van der Waals surface area contributed by atoms with E-state index in [0.29, 0.717) is 18.8 Å². The predicted molar refractivity (Wildman–Crippen MR) is 82.4 cm³/mol. The Labute approximate surface area is 126 Å². The highest BCUT2D eigenvalue weighted by molar-refractivity contribution is 7.74. The van der Waals surface area contributed by atoms with Crippen LogP contribution in [0.15, 0.2) is 12.1 Å². The molecule has 0 aliphatic carbocycles. The number of phenols is 1. The molecule has 0 saturated heterocycles. The molecular formula is C13H23N3O3S. The Morgan fingerprint density at radius 2 is 1.45 bits per heavy atom. The zero-order valence-corrected chi connectivity index (χ0v) is 13.5. The molecule has 1 aromatic carbocycles. The number of benzene rings is 1. The maximum absolute atomic E-state index is 10.4. The highest BCUT2D eigenvalue weighted by atomic mass is 32.1. The summed E-state index contributed by atoms with van der Waals surface area (Å²) >= 11 is 3.56. The molecule has 0 atom stereocenters. The number of anilines is 1. The number of rotatable bonds is 7. The van der Waals surface area contributed by atoms with Crippen molar-refractivity contribution >= 4 is 18.6 Å². The molecule has 0 saturated carbocycles. The van der Waals surface area contributed by atoms with Gasteiger partial charge in [-0.25, -0.2) is 5.06 Å². The normalized spacial score (nSPS) is 11.4. The molecule has 20 heavy (non-hydrogen) atoms. The van der Waals surface area contributed by atoms with Crippen LogP contribution in [0.25, 0.3) is 0 Å². The van der Waals surface area contributed by atoms with E-state index >= 15 is 0 Å². The summed E-state index contributed by atoms with van der Waals surface area (Å²) < 4.78 is 4.37. The topological polar surface area (TPSA) is 48.4 Å². The average Bonchev–Trinajstić information content (AvgIpc) is 2.33. The Bertz CT molecular complexity index is 410. The standard InChI is InChI=1S/C13H23N3O3S/c1-14(2)8-10-6-12(16(5)18-19-20)7-11(13(10)17)9-15(3)4/h6-7,17,20H,8-9H2,1-5H3. The Hall–Kier alpha value is -0.990. The third kappa shape index (κ3) is 4.84. The van der Waals surface area contributed by atoms with Crippen molar-refractivity contribution in [1.29, 1.82) is 0 Å². The summed E-state index contributed by atoms with van der Waals surface area (Å²) in [5, 5.41) is 11.8. The van der Waals surface area contributed by atoms with Gasteiger partial charge in [0.2, 0.25) is 0 Å². The molecule has 0 radical (unpaired) electrons. The van der Waals surface area contributed by atoms with Crippen molar-refractivity contribution in [1.82, 2.24) is 9.80 Å². The predicted octanol–water partition coefficient (Wildman–Crippen LogP) is 1.66. The molecule has 0 aliphatic rings. The van der Waals surface area contributed by atoms with Gasteiger partial charge in [-0.05, 0) is 40.3 Å². The second-order valence-electron chi connectivity index (χ2n) is 5.23. The lowest BCUT2D eigenvalue weighted by Gasteiger charge is -2.21. The fraction of sp³-hybridized carbons (Fsp3) is 0.538. The Morgan fingerprint density at radius 1 is 1.00 bits per heavy atom. The summed E-state index contributed by atoms with van der Waals surface area (Å²) in [4.78, 5) is 8.86. The van der Waals surface area contributed by atoms with Crippen molar-refractivity contribution in [2.24, 2.45) is 0 Å². The average molecular weight is 301 g/mol. The summed E-state index contributed by atoms with van der Waals surface area (Å²) in [7, 11) is 9.52. The molecule has 0 aromatic heterocycles. The molecule has 1 aromatic rings. The van der Waals surface area contributed by atoms with E-state index in [-0.39, 0.29) is 0 Å². The minimum Gasteiger partial charge on any atom is -0.507 e. The maximum atomic E-state index is 10.4. The van der Waals surface area contributed by atoms with Crippen LogP contribution in [0.4, 0.5) is 5.69 Å². The number of hydrogen-bond acceptors (Lipinski definition) is 7. The highest BCUT2D eigenvalue weighted by Crippen LogP contribution is 2.30. The molecule has 0 bridgehead atoms. The number of nitrogens with zero attached hydrogens (tertiary/aromatic N) is 3. The van der Waals surface area contributed by atoms with Crippen molar-refractivity contribution in [3.05, 3.63) is 23.3 Å². The Morgan fingerprint density at radius 3 is 1.80 bits per heavy atom. The molecule has 0 unspecified atom stereocenters. The molecule has 0 spiro atoms. The van der Waals surface area contributed by atoms with Crippen molar-refractivity contribution < 1.29 is 14.4 Å². The van der Waals surface area contributed by atoms with Crippen LogP contribution in [0, 0.1) is 0 Å². The van der Waals surface area contributed by atoms with E-state index in [1.807, 2.05) is 50.1 Å². The number of aromatic hydroxyl groups is 1. The molecule has 7 heteroatoms. The van der Waals surface area contributed by atoms with Crippen molar-refractivity contribution in [2.75, 3.05) is 40.3 Å². The van der Waals surface area contributed by atoms with Gasteiger partial charge in [-0.3, -0.25) is 0 Å². The van der Waals surface area contributed by atoms with Crippen LogP contribution in [0.3, 0.4) is 0 Å². The third-order valence-electron chi connectivity index (χ3n) is 2.73. The number of hydroxylamine groups is 1. The van der Waals surface area contributed by atoms with Gasteiger partial charge in [-0.1, -0.05) is 4.99 Å². The van der Waals surface area contributed by atoms with E-state index in [2.05, 4.69) is 17.2 Å². The Balaban J connectivity index is 3.18. The molecule has 1 rings (SSSR count). The Kier molecular flexibility index (Phi) is 6.57. The van der Waals surface area contributed by atoms with Crippen molar-refractivity contribution in [2.45, 2.75) is 13.1 Å². The summed E-state index contributed by atoms with van der Waals surface area (Å²) in [6, 6.07) is 3.72. The lowest BCUT2D eigenvalue weighted by molar-refractivity contribution is -0.196. The molecule has 1 N–H and O–H groups in total. The van der Waals surface area contributed by atoms with Crippen LogP contribution in [0.1, 0.15) is 11.1 Å². The lowest BCUT2D eigenvalue weighted by Crippen LogP contribution is -2.19. The van der Waals surface area contributed by atoms with Gasteiger partial charge in [-0.15, -0.1) is 4.33 Å². The quantitative estimate of drug-likeness (QED) is 0.346. The van der Waals surface area contributed by atoms with E-state index in [1.165, 1.54) is 5.06 Å². The number of hydrogen-bond donors (Lipinski definition) is 2. The number of thiol groups is 1. The SMILES string of the molecule is CN(C)Cc1cc(N(C)OOS)cc(CN(C)C)c1O. The van der Waals surface area contributed by atoms with E-state index in [4.69, 9.17) is 4.99 Å². The van der Waals surface area contributed by atoms with E-state index in [0.717, 1.165) is 16.8 Å². The van der Waals surface area contributed by atoms with Gasteiger partial charge in [0.15, 0.2) is 0 Å². The van der Waals surface area contributed by atoms with Gasteiger partial charge >= 0.3 is 0 Å². The largest absolute Gasteiger partial charge is 0.507 e. The summed E-state index contributed by atoms with van der Waals surface area (Å²) in [5.41, 5.74) is 2.45. The van der Waals surface area contributed by atoms with E-state index in [1.54, 1.807) is 7.05 Å².